The predicted molar refractivity (Wildman–Crippen MR) is 58.9 cm³/mol. The minimum Gasteiger partial charge on any atom is -0.298 e. The summed E-state index contributed by atoms with van der Waals surface area (Å²) in [5.74, 6) is -0.813. The quantitative estimate of drug-likeness (QED) is 0.767. The van der Waals surface area contributed by atoms with E-state index in [0.717, 1.165) is 24.5 Å². The van der Waals surface area contributed by atoms with Crippen molar-refractivity contribution in [3.63, 3.8) is 0 Å². The van der Waals surface area contributed by atoms with Crippen LogP contribution in [0.2, 0.25) is 0 Å². The van der Waals surface area contributed by atoms with E-state index in [1.807, 2.05) is 0 Å². The molecule has 1 saturated heterocycles. The molecule has 1 aliphatic rings. The maximum atomic E-state index is 13.3. The fraction of sp³-hybridized carbons (Fsp3) is 0.455. The van der Waals surface area contributed by atoms with Gasteiger partial charge >= 0.3 is 0 Å². The van der Waals surface area contributed by atoms with Crippen molar-refractivity contribution in [3.8, 4) is 0 Å². The zero-order chi connectivity index (χ0) is 10.8. The molecule has 1 nitrogen and oxygen atoms in total. The average Bonchev–Trinajstić information content (AvgIpc) is 2.17. The number of alkyl halides is 1. The average molecular weight is 276 g/mol. The van der Waals surface area contributed by atoms with Crippen molar-refractivity contribution in [2.45, 2.75) is 6.54 Å². The molecule has 1 aromatic carbocycles. The summed E-state index contributed by atoms with van der Waals surface area (Å²) in [5.41, 5.74) is 0.447. The van der Waals surface area contributed by atoms with Crippen LogP contribution in [0.15, 0.2) is 18.2 Å². The van der Waals surface area contributed by atoms with Gasteiger partial charge in [0.2, 0.25) is 0 Å². The Morgan fingerprint density at radius 2 is 2.07 bits per heavy atom. The van der Waals surface area contributed by atoms with Gasteiger partial charge in [0.25, 0.3) is 0 Å². The first kappa shape index (κ1) is 11.0. The molecule has 0 bridgehead atoms. The molecule has 82 valence electrons. The normalized spacial score (nSPS) is 17.8. The van der Waals surface area contributed by atoms with Gasteiger partial charge in [0.05, 0.1) is 0 Å². The lowest BCUT2D eigenvalue weighted by atomic mass is 10.0. The number of likely N-dealkylation sites (tertiary alicyclic amines) is 1. The van der Waals surface area contributed by atoms with E-state index in [-0.39, 0.29) is 0 Å². The van der Waals surface area contributed by atoms with Gasteiger partial charge in [-0.2, -0.15) is 0 Å². The van der Waals surface area contributed by atoms with E-state index >= 15 is 0 Å². The third kappa shape index (κ3) is 2.37. The summed E-state index contributed by atoms with van der Waals surface area (Å²) in [6.45, 7) is 2.43. The van der Waals surface area contributed by atoms with Gasteiger partial charge in [-0.1, -0.05) is 28.1 Å². The molecule has 0 atom stereocenters. The molecule has 4 heteroatoms. The molecule has 0 radical (unpaired) electrons. The van der Waals surface area contributed by atoms with E-state index in [0.29, 0.717) is 18.0 Å². The van der Waals surface area contributed by atoms with Gasteiger partial charge in [-0.15, -0.1) is 0 Å². The maximum Gasteiger partial charge on any atom is 0.163 e. The van der Waals surface area contributed by atoms with Crippen LogP contribution in [-0.4, -0.2) is 23.3 Å². The molecule has 0 amide bonds. The fourth-order valence-electron chi connectivity index (χ4n) is 1.81. The van der Waals surface area contributed by atoms with Crippen molar-refractivity contribution >= 4 is 15.9 Å². The van der Waals surface area contributed by atoms with Gasteiger partial charge in [0.1, 0.15) is 0 Å². The van der Waals surface area contributed by atoms with Crippen LogP contribution in [0.25, 0.3) is 0 Å². The second-order valence-corrected chi connectivity index (χ2v) is 4.57. The molecule has 0 unspecified atom stereocenters. The number of nitrogens with zero attached hydrogens (tertiary/aromatic N) is 1. The summed E-state index contributed by atoms with van der Waals surface area (Å²) in [5, 5.41) is 0.981. The van der Waals surface area contributed by atoms with E-state index in [9.17, 15) is 8.78 Å². The summed E-state index contributed by atoms with van der Waals surface area (Å²) < 4.78 is 26.2. The third-order valence-electron chi connectivity index (χ3n) is 2.68. The maximum absolute atomic E-state index is 13.3. The summed E-state index contributed by atoms with van der Waals surface area (Å²) in [6, 6.07) is 4.34. The van der Waals surface area contributed by atoms with Crippen LogP contribution in [0, 0.1) is 17.6 Å². The van der Waals surface area contributed by atoms with E-state index in [1.54, 1.807) is 12.1 Å². The molecule has 1 aromatic rings. The van der Waals surface area contributed by atoms with Crippen LogP contribution in [0.5, 0.6) is 0 Å². The molecule has 15 heavy (non-hydrogen) atoms. The van der Waals surface area contributed by atoms with Crippen LogP contribution in [-0.2, 0) is 6.54 Å². The van der Waals surface area contributed by atoms with Crippen LogP contribution >= 0.6 is 15.9 Å². The lowest BCUT2D eigenvalue weighted by Crippen LogP contribution is -2.46. The number of rotatable bonds is 3. The first-order chi connectivity index (χ1) is 7.20. The summed E-state index contributed by atoms with van der Waals surface area (Å²) in [4.78, 5) is 2.11. The highest BCUT2D eigenvalue weighted by atomic mass is 79.9. The molecule has 0 N–H and O–H groups in total. The summed E-state index contributed by atoms with van der Waals surface area (Å²) >= 11 is 3.40. The van der Waals surface area contributed by atoms with E-state index in [2.05, 4.69) is 20.8 Å². The first-order valence-electron chi connectivity index (χ1n) is 4.92. The Balaban J connectivity index is 1.97. The Bertz CT molecular complexity index is 350. The molecule has 0 aliphatic carbocycles. The third-order valence-corrected chi connectivity index (χ3v) is 3.59. The van der Waals surface area contributed by atoms with Crippen LogP contribution < -0.4 is 0 Å². The lowest BCUT2D eigenvalue weighted by molar-refractivity contribution is 0.107. The molecule has 2 rings (SSSR count). The van der Waals surface area contributed by atoms with E-state index in [1.165, 1.54) is 0 Å². The highest BCUT2D eigenvalue weighted by Crippen LogP contribution is 2.21. The summed E-state index contributed by atoms with van der Waals surface area (Å²) in [6.07, 6.45) is 0. The molecule has 0 spiro atoms. The Labute approximate surface area is 96.2 Å². The van der Waals surface area contributed by atoms with Gasteiger partial charge in [0, 0.05) is 30.5 Å². The van der Waals surface area contributed by atoms with Crippen molar-refractivity contribution in [1.29, 1.82) is 0 Å². The molecule has 1 fully saturated rings. The monoisotopic (exact) mass is 275 g/mol. The molecule has 0 saturated carbocycles. The Hall–Kier alpha value is -0.480. The second-order valence-electron chi connectivity index (χ2n) is 3.93. The van der Waals surface area contributed by atoms with E-state index < -0.39 is 11.6 Å². The molecular weight excluding hydrogens is 264 g/mol. The van der Waals surface area contributed by atoms with Crippen molar-refractivity contribution < 1.29 is 8.78 Å². The lowest BCUT2D eigenvalue weighted by Gasteiger charge is -2.38. The van der Waals surface area contributed by atoms with Crippen LogP contribution in [0.3, 0.4) is 0 Å². The second kappa shape index (κ2) is 4.58. The van der Waals surface area contributed by atoms with Crippen molar-refractivity contribution in [2.75, 3.05) is 18.4 Å². The standard InChI is InChI=1S/C11H12BrF2N/c12-4-8-5-15(6-8)7-9-2-1-3-10(13)11(9)14/h1-3,8H,4-7H2. The summed E-state index contributed by atoms with van der Waals surface area (Å²) in [7, 11) is 0. The van der Waals surface area contributed by atoms with Gasteiger partial charge < -0.3 is 0 Å². The Morgan fingerprint density at radius 3 is 2.73 bits per heavy atom. The largest absolute Gasteiger partial charge is 0.298 e. The number of halogens is 3. The molecule has 1 aliphatic heterocycles. The molecular formula is C11H12BrF2N. The van der Waals surface area contributed by atoms with Crippen molar-refractivity contribution in [3.05, 3.63) is 35.4 Å². The highest BCUT2D eigenvalue weighted by Gasteiger charge is 2.26. The number of hydrogen-bond acceptors (Lipinski definition) is 1. The first-order valence-corrected chi connectivity index (χ1v) is 6.04. The minimum atomic E-state index is -0.759. The van der Waals surface area contributed by atoms with E-state index in [4.69, 9.17) is 0 Å². The fourth-order valence-corrected chi connectivity index (χ4v) is 2.22. The number of benzene rings is 1. The smallest absolute Gasteiger partial charge is 0.163 e. The van der Waals surface area contributed by atoms with Gasteiger partial charge in [-0.25, -0.2) is 8.78 Å². The van der Waals surface area contributed by atoms with Gasteiger partial charge in [-0.05, 0) is 12.0 Å². The van der Waals surface area contributed by atoms with Crippen molar-refractivity contribution in [2.24, 2.45) is 5.92 Å². The molecule has 1 heterocycles. The zero-order valence-corrected chi connectivity index (χ0v) is 9.80. The predicted octanol–water partition coefficient (Wildman–Crippen LogP) is 2.79. The Kier molecular flexibility index (Phi) is 3.36. The van der Waals surface area contributed by atoms with Gasteiger partial charge in [-0.3, -0.25) is 4.90 Å². The van der Waals surface area contributed by atoms with Crippen molar-refractivity contribution in [1.82, 2.24) is 4.90 Å². The highest BCUT2D eigenvalue weighted by molar-refractivity contribution is 9.09. The molecule has 0 aromatic heterocycles. The van der Waals surface area contributed by atoms with Crippen LogP contribution in [0.1, 0.15) is 5.56 Å². The number of hydrogen-bond donors (Lipinski definition) is 0. The zero-order valence-electron chi connectivity index (χ0n) is 8.22. The minimum absolute atomic E-state index is 0.447. The topological polar surface area (TPSA) is 3.24 Å². The Morgan fingerprint density at radius 1 is 1.33 bits per heavy atom. The van der Waals surface area contributed by atoms with Crippen LogP contribution in [0.4, 0.5) is 8.78 Å². The SMILES string of the molecule is Fc1cccc(CN2CC(CBr)C2)c1F. The van der Waals surface area contributed by atoms with Gasteiger partial charge in [0.15, 0.2) is 11.6 Å².